The summed E-state index contributed by atoms with van der Waals surface area (Å²) in [5, 5.41) is 12.4. The molecule has 2 unspecified atom stereocenters. The Labute approximate surface area is 109 Å². The molecule has 1 heterocycles. The monoisotopic (exact) mass is 249 g/mol. The Hall–Kier alpha value is -1.06. The van der Waals surface area contributed by atoms with Crippen LogP contribution < -0.4 is 10.1 Å². The van der Waals surface area contributed by atoms with Crippen LogP contribution >= 0.6 is 0 Å². The van der Waals surface area contributed by atoms with E-state index >= 15 is 0 Å². The summed E-state index contributed by atoms with van der Waals surface area (Å²) in [6.45, 7) is 4.28. The van der Waals surface area contributed by atoms with Gasteiger partial charge in [-0.25, -0.2) is 0 Å². The Morgan fingerprint density at radius 1 is 1.44 bits per heavy atom. The lowest BCUT2D eigenvalue weighted by Gasteiger charge is -2.12. The van der Waals surface area contributed by atoms with Crippen molar-refractivity contribution in [2.45, 2.75) is 32.3 Å². The van der Waals surface area contributed by atoms with E-state index in [0.29, 0.717) is 12.5 Å². The minimum absolute atomic E-state index is 0.276. The number of para-hydroxylation sites is 1. The topological polar surface area (TPSA) is 41.5 Å². The third-order valence-corrected chi connectivity index (χ3v) is 3.45. The van der Waals surface area contributed by atoms with Crippen molar-refractivity contribution in [1.29, 1.82) is 0 Å². The van der Waals surface area contributed by atoms with E-state index in [0.717, 1.165) is 38.1 Å². The Balaban J connectivity index is 1.60. The van der Waals surface area contributed by atoms with Crippen molar-refractivity contribution in [3.8, 4) is 5.75 Å². The second-order valence-corrected chi connectivity index (χ2v) is 5.19. The number of benzene rings is 1. The van der Waals surface area contributed by atoms with Gasteiger partial charge in [-0.1, -0.05) is 25.1 Å². The standard InChI is InChI=1S/C15H23NO2/c1-12(11-17)5-4-8-16-10-14-9-13-6-2-3-7-15(13)18-14/h2-3,6-7,12,14,16-17H,4-5,8-11H2,1H3. The lowest BCUT2D eigenvalue weighted by Crippen LogP contribution is -2.30. The van der Waals surface area contributed by atoms with Gasteiger partial charge in [0.2, 0.25) is 0 Å². The lowest BCUT2D eigenvalue weighted by atomic mass is 10.1. The van der Waals surface area contributed by atoms with Crippen LogP contribution in [0, 0.1) is 5.92 Å². The molecule has 0 saturated carbocycles. The SMILES string of the molecule is CC(CO)CCCNCC1Cc2ccccc2O1. The summed E-state index contributed by atoms with van der Waals surface area (Å²) in [6, 6.07) is 8.26. The molecule has 0 radical (unpaired) electrons. The lowest BCUT2D eigenvalue weighted by molar-refractivity contribution is 0.219. The summed E-state index contributed by atoms with van der Waals surface area (Å²) in [4.78, 5) is 0. The number of rotatable bonds is 7. The number of nitrogens with one attached hydrogen (secondary N) is 1. The molecule has 2 N–H and O–H groups in total. The van der Waals surface area contributed by atoms with Gasteiger partial charge >= 0.3 is 0 Å². The van der Waals surface area contributed by atoms with Crippen LogP contribution in [-0.4, -0.2) is 30.9 Å². The molecule has 3 heteroatoms. The number of ether oxygens (including phenoxy) is 1. The second-order valence-electron chi connectivity index (χ2n) is 5.19. The molecule has 1 aliphatic rings. The average molecular weight is 249 g/mol. The molecule has 100 valence electrons. The van der Waals surface area contributed by atoms with Crippen LogP contribution in [0.1, 0.15) is 25.3 Å². The van der Waals surface area contributed by atoms with E-state index in [-0.39, 0.29) is 6.10 Å². The van der Waals surface area contributed by atoms with Gasteiger partial charge in [0.15, 0.2) is 0 Å². The third-order valence-electron chi connectivity index (χ3n) is 3.45. The molecule has 18 heavy (non-hydrogen) atoms. The van der Waals surface area contributed by atoms with Gasteiger partial charge < -0.3 is 15.2 Å². The summed E-state index contributed by atoms with van der Waals surface area (Å²) >= 11 is 0. The van der Waals surface area contributed by atoms with Crippen molar-refractivity contribution >= 4 is 0 Å². The zero-order valence-corrected chi connectivity index (χ0v) is 11.1. The van der Waals surface area contributed by atoms with Crippen LogP contribution in [0.5, 0.6) is 5.75 Å². The number of hydrogen-bond donors (Lipinski definition) is 2. The molecule has 0 bridgehead atoms. The van der Waals surface area contributed by atoms with Crippen molar-refractivity contribution < 1.29 is 9.84 Å². The van der Waals surface area contributed by atoms with E-state index in [4.69, 9.17) is 9.84 Å². The maximum absolute atomic E-state index is 8.92. The van der Waals surface area contributed by atoms with Crippen LogP contribution in [-0.2, 0) is 6.42 Å². The third kappa shape index (κ3) is 3.72. The van der Waals surface area contributed by atoms with Gasteiger partial charge in [-0.3, -0.25) is 0 Å². The molecule has 0 amide bonds. The fourth-order valence-electron chi connectivity index (χ4n) is 2.30. The molecule has 0 fully saturated rings. The first kappa shape index (κ1) is 13.4. The van der Waals surface area contributed by atoms with Gasteiger partial charge in [-0.05, 0) is 36.9 Å². The summed E-state index contributed by atoms with van der Waals surface area (Å²) in [5.74, 6) is 1.46. The van der Waals surface area contributed by atoms with Crippen LogP contribution in [0.4, 0.5) is 0 Å². The highest BCUT2D eigenvalue weighted by Gasteiger charge is 2.21. The fourth-order valence-corrected chi connectivity index (χ4v) is 2.30. The molecule has 1 aromatic carbocycles. The quantitative estimate of drug-likeness (QED) is 0.726. The molecule has 1 aliphatic heterocycles. The van der Waals surface area contributed by atoms with E-state index < -0.39 is 0 Å². The molecule has 0 saturated heterocycles. The van der Waals surface area contributed by atoms with Gasteiger partial charge in [-0.2, -0.15) is 0 Å². The van der Waals surface area contributed by atoms with E-state index in [1.54, 1.807) is 0 Å². The molecule has 2 atom stereocenters. The Morgan fingerprint density at radius 3 is 3.06 bits per heavy atom. The number of aliphatic hydroxyl groups is 1. The predicted molar refractivity (Wildman–Crippen MR) is 72.9 cm³/mol. The molecule has 0 aromatic heterocycles. The summed E-state index contributed by atoms with van der Waals surface area (Å²) in [6.07, 6.45) is 3.48. The molecule has 1 aromatic rings. The van der Waals surface area contributed by atoms with Crippen molar-refractivity contribution in [2.24, 2.45) is 5.92 Å². The number of fused-ring (bicyclic) bond motifs is 1. The highest BCUT2D eigenvalue weighted by molar-refractivity contribution is 5.37. The van der Waals surface area contributed by atoms with E-state index in [1.807, 2.05) is 12.1 Å². The van der Waals surface area contributed by atoms with Gasteiger partial charge in [0.05, 0.1) is 0 Å². The normalized spacial score (nSPS) is 19.3. The molecule has 2 rings (SSSR count). The summed E-state index contributed by atoms with van der Waals surface area (Å²) in [7, 11) is 0. The largest absolute Gasteiger partial charge is 0.488 e. The van der Waals surface area contributed by atoms with Crippen LogP contribution in [0.2, 0.25) is 0 Å². The van der Waals surface area contributed by atoms with Crippen LogP contribution in [0.25, 0.3) is 0 Å². The van der Waals surface area contributed by atoms with Crippen LogP contribution in [0.15, 0.2) is 24.3 Å². The highest BCUT2D eigenvalue weighted by atomic mass is 16.5. The maximum Gasteiger partial charge on any atom is 0.123 e. The Morgan fingerprint density at radius 2 is 2.28 bits per heavy atom. The summed E-state index contributed by atoms with van der Waals surface area (Å²) < 4.78 is 5.85. The van der Waals surface area contributed by atoms with Crippen LogP contribution in [0.3, 0.4) is 0 Å². The molecule has 0 aliphatic carbocycles. The zero-order valence-electron chi connectivity index (χ0n) is 11.1. The molecular formula is C15H23NO2. The first-order chi connectivity index (χ1) is 8.79. The van der Waals surface area contributed by atoms with Gasteiger partial charge in [0.1, 0.15) is 11.9 Å². The molecular weight excluding hydrogens is 226 g/mol. The molecule has 0 spiro atoms. The van der Waals surface area contributed by atoms with E-state index in [2.05, 4.69) is 24.4 Å². The molecule has 3 nitrogen and oxygen atoms in total. The number of hydrogen-bond acceptors (Lipinski definition) is 3. The van der Waals surface area contributed by atoms with E-state index in [9.17, 15) is 0 Å². The van der Waals surface area contributed by atoms with Gasteiger partial charge in [-0.15, -0.1) is 0 Å². The second kappa shape index (κ2) is 6.76. The van der Waals surface area contributed by atoms with Gasteiger partial charge in [0.25, 0.3) is 0 Å². The fraction of sp³-hybridized carbons (Fsp3) is 0.600. The zero-order chi connectivity index (χ0) is 12.8. The first-order valence-electron chi connectivity index (χ1n) is 6.85. The van der Waals surface area contributed by atoms with Crippen molar-refractivity contribution in [3.05, 3.63) is 29.8 Å². The minimum atomic E-state index is 0.276. The van der Waals surface area contributed by atoms with Crippen molar-refractivity contribution in [3.63, 3.8) is 0 Å². The predicted octanol–water partition coefficient (Wildman–Crippen LogP) is 1.99. The minimum Gasteiger partial charge on any atom is -0.488 e. The van der Waals surface area contributed by atoms with E-state index in [1.165, 1.54) is 5.56 Å². The smallest absolute Gasteiger partial charge is 0.123 e. The maximum atomic E-state index is 8.92. The highest BCUT2D eigenvalue weighted by Crippen LogP contribution is 2.27. The number of aliphatic hydroxyl groups excluding tert-OH is 1. The van der Waals surface area contributed by atoms with Gasteiger partial charge in [0, 0.05) is 19.6 Å². The average Bonchev–Trinajstić information content (AvgIpc) is 2.80. The first-order valence-corrected chi connectivity index (χ1v) is 6.85. The Kier molecular flexibility index (Phi) is 5.02. The summed E-state index contributed by atoms with van der Waals surface area (Å²) in [5.41, 5.74) is 1.32. The Bertz CT molecular complexity index is 342. The van der Waals surface area contributed by atoms with Crippen molar-refractivity contribution in [1.82, 2.24) is 5.32 Å². The van der Waals surface area contributed by atoms with Crippen molar-refractivity contribution in [2.75, 3.05) is 19.7 Å².